The van der Waals surface area contributed by atoms with Crippen molar-refractivity contribution in [3.05, 3.63) is 29.3 Å². The Bertz CT molecular complexity index is 818. The summed E-state index contributed by atoms with van der Waals surface area (Å²) in [7, 11) is 0. The molecule has 1 aromatic carbocycles. The average molecular weight is 353 g/mol. The van der Waals surface area contributed by atoms with Crippen LogP contribution in [-0.4, -0.2) is 51.7 Å². The van der Waals surface area contributed by atoms with Crippen LogP contribution in [0.15, 0.2) is 23.2 Å². The molecule has 2 atom stereocenters. The summed E-state index contributed by atoms with van der Waals surface area (Å²) >= 11 is 0. The Hall–Kier alpha value is -2.77. The summed E-state index contributed by atoms with van der Waals surface area (Å²) in [5.74, 6) is 1.20. The van der Waals surface area contributed by atoms with Crippen LogP contribution in [0.2, 0.25) is 0 Å². The van der Waals surface area contributed by atoms with Gasteiger partial charge in [-0.05, 0) is 45.9 Å². The minimum Gasteiger partial charge on any atom is -0.485 e. The van der Waals surface area contributed by atoms with Gasteiger partial charge in [0.05, 0.1) is 17.7 Å². The van der Waals surface area contributed by atoms with Crippen molar-refractivity contribution in [3.63, 3.8) is 0 Å². The van der Waals surface area contributed by atoms with E-state index in [1.807, 2.05) is 43.7 Å². The van der Waals surface area contributed by atoms with Crippen LogP contribution in [0.5, 0.6) is 5.75 Å². The molecule has 0 bridgehead atoms. The molecule has 2 aliphatic heterocycles. The molecule has 7 nitrogen and oxygen atoms in total. The number of benzene rings is 1. The molecule has 2 unspecified atom stereocenters. The molecule has 136 valence electrons. The normalized spacial score (nSPS) is 25.6. The first-order valence-electron chi connectivity index (χ1n) is 8.71. The lowest BCUT2D eigenvalue weighted by molar-refractivity contribution is -0.0802. The van der Waals surface area contributed by atoms with Gasteiger partial charge in [0.25, 0.3) is 0 Å². The molecule has 26 heavy (non-hydrogen) atoms. The number of ether oxygens (including phenoxy) is 1. The largest absolute Gasteiger partial charge is 0.485 e. The van der Waals surface area contributed by atoms with Gasteiger partial charge in [-0.1, -0.05) is 0 Å². The van der Waals surface area contributed by atoms with Gasteiger partial charge in [0.15, 0.2) is 0 Å². The van der Waals surface area contributed by atoms with E-state index in [0.29, 0.717) is 23.8 Å². The number of nitriles is 2. The molecular formula is C19H23N5O2. The van der Waals surface area contributed by atoms with Crippen molar-refractivity contribution in [1.82, 2.24) is 9.80 Å². The Morgan fingerprint density at radius 3 is 2.65 bits per heavy atom. The molecular weight excluding hydrogens is 330 g/mol. The lowest BCUT2D eigenvalue weighted by atomic mass is 9.85. The zero-order valence-electron chi connectivity index (χ0n) is 15.5. The van der Waals surface area contributed by atoms with Crippen LogP contribution in [0.3, 0.4) is 0 Å². The highest BCUT2D eigenvalue weighted by molar-refractivity contribution is 5.84. The molecule has 3 rings (SSSR count). The molecule has 2 heterocycles. The van der Waals surface area contributed by atoms with Gasteiger partial charge < -0.3 is 19.6 Å². The van der Waals surface area contributed by atoms with Crippen molar-refractivity contribution in [1.29, 1.82) is 10.5 Å². The Morgan fingerprint density at radius 1 is 1.31 bits per heavy atom. The topological polar surface area (TPSA) is 95.9 Å². The summed E-state index contributed by atoms with van der Waals surface area (Å²) in [6, 6.07) is 7.10. The predicted octanol–water partition coefficient (Wildman–Crippen LogP) is 1.99. The van der Waals surface area contributed by atoms with Crippen molar-refractivity contribution in [3.8, 4) is 18.0 Å². The molecule has 1 N–H and O–H groups in total. The van der Waals surface area contributed by atoms with Gasteiger partial charge in [0.2, 0.25) is 12.2 Å². The second-order valence-corrected chi connectivity index (χ2v) is 7.45. The van der Waals surface area contributed by atoms with Gasteiger partial charge >= 0.3 is 0 Å². The number of guanidine groups is 1. The van der Waals surface area contributed by atoms with Gasteiger partial charge in [-0.2, -0.15) is 10.5 Å². The number of nitrogens with zero attached hydrogens (tertiary/aromatic N) is 5. The standard InChI is InChI=1S/C19H23N5O2/c1-12(2)23-7-8-24(18(23)22-11-21)16-14-9-13(10-20)5-6-15(14)26-19(3,4)17(16)25/h5-6,9,12,16-17,25H,7-8H2,1-4H3/b22-18+. The van der Waals surface area contributed by atoms with Gasteiger partial charge in [0, 0.05) is 24.7 Å². The van der Waals surface area contributed by atoms with Crippen molar-refractivity contribution >= 4 is 5.96 Å². The first-order valence-corrected chi connectivity index (χ1v) is 8.71. The van der Waals surface area contributed by atoms with Crippen LogP contribution >= 0.6 is 0 Å². The molecule has 1 fully saturated rings. The zero-order chi connectivity index (χ0) is 19.1. The number of aliphatic imine (C=N–C) groups is 1. The predicted molar refractivity (Wildman–Crippen MR) is 96.2 cm³/mol. The third kappa shape index (κ3) is 2.85. The van der Waals surface area contributed by atoms with E-state index < -0.39 is 17.7 Å². The first kappa shape index (κ1) is 18.0. The monoisotopic (exact) mass is 353 g/mol. The molecule has 0 aromatic heterocycles. The number of hydrogen-bond donors (Lipinski definition) is 1. The SMILES string of the molecule is CC(C)N1CCN(C2c3cc(C#N)ccc3OC(C)(C)C2O)/C1=N/C#N. The van der Waals surface area contributed by atoms with E-state index in [4.69, 9.17) is 10.00 Å². The molecule has 1 saturated heterocycles. The fourth-order valence-electron chi connectivity index (χ4n) is 3.68. The highest BCUT2D eigenvalue weighted by Crippen LogP contribution is 2.44. The van der Waals surface area contributed by atoms with E-state index >= 15 is 0 Å². The number of fused-ring (bicyclic) bond motifs is 1. The summed E-state index contributed by atoms with van der Waals surface area (Å²) in [4.78, 5) is 8.04. The van der Waals surface area contributed by atoms with E-state index in [2.05, 4.69) is 11.1 Å². The van der Waals surface area contributed by atoms with Gasteiger partial charge in [-0.15, -0.1) is 4.99 Å². The van der Waals surface area contributed by atoms with Crippen molar-refractivity contribution in [2.75, 3.05) is 13.1 Å². The fraction of sp³-hybridized carbons (Fsp3) is 0.526. The van der Waals surface area contributed by atoms with E-state index in [1.54, 1.807) is 18.2 Å². The maximum atomic E-state index is 11.1. The summed E-state index contributed by atoms with van der Waals surface area (Å²) in [6.07, 6.45) is 1.04. The second kappa shape index (κ2) is 6.51. The number of hydrogen-bond acceptors (Lipinski definition) is 5. The van der Waals surface area contributed by atoms with Gasteiger partial charge in [0.1, 0.15) is 17.5 Å². The van der Waals surface area contributed by atoms with Crippen molar-refractivity contribution < 1.29 is 9.84 Å². The number of aliphatic hydroxyl groups is 1. The minimum atomic E-state index is -0.847. The molecule has 7 heteroatoms. The Kier molecular flexibility index (Phi) is 4.52. The number of aliphatic hydroxyl groups excluding tert-OH is 1. The van der Waals surface area contributed by atoms with Crippen LogP contribution in [0.25, 0.3) is 0 Å². The molecule has 0 aliphatic carbocycles. The summed E-state index contributed by atoms with van der Waals surface area (Å²) in [5.41, 5.74) is 0.435. The lowest BCUT2D eigenvalue weighted by Gasteiger charge is -2.45. The fourth-order valence-corrected chi connectivity index (χ4v) is 3.68. The molecule has 2 aliphatic rings. The Labute approximate surface area is 153 Å². The van der Waals surface area contributed by atoms with Crippen molar-refractivity contribution in [2.45, 2.75) is 51.5 Å². The molecule has 0 radical (unpaired) electrons. The van der Waals surface area contributed by atoms with Crippen LogP contribution < -0.4 is 4.74 Å². The second-order valence-electron chi connectivity index (χ2n) is 7.45. The smallest absolute Gasteiger partial charge is 0.213 e. The van der Waals surface area contributed by atoms with E-state index in [1.165, 1.54) is 0 Å². The highest BCUT2D eigenvalue weighted by Gasteiger charge is 2.48. The maximum absolute atomic E-state index is 11.1. The molecule has 0 amide bonds. The average Bonchev–Trinajstić information content (AvgIpc) is 2.99. The van der Waals surface area contributed by atoms with E-state index in [-0.39, 0.29) is 6.04 Å². The third-order valence-corrected chi connectivity index (χ3v) is 5.05. The molecule has 0 spiro atoms. The van der Waals surface area contributed by atoms with Crippen LogP contribution in [0.1, 0.15) is 44.9 Å². The zero-order valence-corrected chi connectivity index (χ0v) is 15.5. The Balaban J connectivity index is 2.13. The van der Waals surface area contributed by atoms with Crippen molar-refractivity contribution in [2.24, 2.45) is 4.99 Å². The quantitative estimate of drug-likeness (QED) is 0.817. The van der Waals surface area contributed by atoms with Gasteiger partial charge in [-0.3, -0.25) is 0 Å². The van der Waals surface area contributed by atoms with Crippen LogP contribution in [0.4, 0.5) is 0 Å². The third-order valence-electron chi connectivity index (χ3n) is 5.05. The first-order chi connectivity index (χ1) is 12.3. The Morgan fingerprint density at radius 2 is 2.04 bits per heavy atom. The van der Waals surface area contributed by atoms with Crippen LogP contribution in [0, 0.1) is 22.8 Å². The summed E-state index contributed by atoms with van der Waals surface area (Å²) < 4.78 is 5.99. The van der Waals surface area contributed by atoms with Gasteiger partial charge in [-0.25, -0.2) is 0 Å². The van der Waals surface area contributed by atoms with Crippen LogP contribution in [-0.2, 0) is 0 Å². The highest BCUT2D eigenvalue weighted by atomic mass is 16.5. The maximum Gasteiger partial charge on any atom is 0.213 e. The summed E-state index contributed by atoms with van der Waals surface area (Å²) in [6.45, 7) is 9.11. The lowest BCUT2D eigenvalue weighted by Crippen LogP contribution is -2.54. The summed E-state index contributed by atoms with van der Waals surface area (Å²) in [5, 5.41) is 29.5. The number of rotatable bonds is 2. The van der Waals surface area contributed by atoms with E-state index in [9.17, 15) is 10.4 Å². The van der Waals surface area contributed by atoms with E-state index in [0.717, 1.165) is 12.1 Å². The minimum absolute atomic E-state index is 0.182. The molecule has 1 aromatic rings. The molecule has 0 saturated carbocycles.